The van der Waals surface area contributed by atoms with Crippen LogP contribution in [0.3, 0.4) is 0 Å². The molecule has 0 unspecified atom stereocenters. The summed E-state index contributed by atoms with van der Waals surface area (Å²) in [5.74, 6) is -0.421. The normalized spacial score (nSPS) is 16.6. The molecular weight excluding hydrogens is 330 g/mol. The molecule has 0 spiro atoms. The molecule has 1 saturated heterocycles. The van der Waals surface area contributed by atoms with Crippen molar-refractivity contribution in [2.75, 3.05) is 26.4 Å². The number of nitrogens with zero attached hydrogens (tertiary/aromatic N) is 1. The highest BCUT2D eigenvalue weighted by Gasteiger charge is 2.28. The van der Waals surface area contributed by atoms with Crippen LogP contribution >= 0.6 is 0 Å². The minimum absolute atomic E-state index is 0.0755. The van der Waals surface area contributed by atoms with Crippen LogP contribution in [-0.4, -0.2) is 50.9 Å². The number of carbonyl (C=O) groups excluding carboxylic acids is 2. The maximum Gasteiger partial charge on any atom is 0.251 e. The number of carbonyl (C=O) groups is 2. The number of hydrogen-bond acceptors (Lipinski definition) is 4. The first-order chi connectivity index (χ1) is 11.3. The Morgan fingerprint density at radius 2 is 1.92 bits per heavy atom. The van der Waals surface area contributed by atoms with Gasteiger partial charge in [-0.3, -0.25) is 9.59 Å². The topological polar surface area (TPSA) is 95.6 Å². The summed E-state index contributed by atoms with van der Waals surface area (Å²) in [6, 6.07) is 7.08. The fourth-order valence-corrected chi connectivity index (χ4v) is 3.62. The van der Waals surface area contributed by atoms with Gasteiger partial charge < -0.3 is 10.6 Å². The summed E-state index contributed by atoms with van der Waals surface area (Å²) in [4.78, 5) is 23.9. The van der Waals surface area contributed by atoms with Gasteiger partial charge in [0.25, 0.3) is 5.91 Å². The van der Waals surface area contributed by atoms with Gasteiger partial charge in [-0.25, -0.2) is 12.7 Å². The Labute approximate surface area is 142 Å². The van der Waals surface area contributed by atoms with Crippen LogP contribution in [0.2, 0.25) is 0 Å². The lowest BCUT2D eigenvalue weighted by atomic mass is 9.97. The molecule has 0 aliphatic carbocycles. The van der Waals surface area contributed by atoms with Gasteiger partial charge in [0.2, 0.25) is 15.9 Å². The Bertz CT molecular complexity index is 710. The third-order valence-electron chi connectivity index (χ3n) is 4.18. The van der Waals surface area contributed by atoms with E-state index in [0.29, 0.717) is 38.0 Å². The SMILES string of the molecule is CNC(=O)c1cccc(CNC(=O)C2CCN(S(C)(=O)=O)CC2)c1. The van der Waals surface area contributed by atoms with Crippen molar-refractivity contribution in [3.05, 3.63) is 35.4 Å². The number of rotatable bonds is 5. The monoisotopic (exact) mass is 353 g/mol. The molecule has 7 nitrogen and oxygen atoms in total. The van der Waals surface area contributed by atoms with Gasteiger partial charge in [0.1, 0.15) is 0 Å². The van der Waals surface area contributed by atoms with E-state index in [0.717, 1.165) is 5.56 Å². The van der Waals surface area contributed by atoms with E-state index >= 15 is 0 Å². The second-order valence-electron chi connectivity index (χ2n) is 5.93. The van der Waals surface area contributed by atoms with Crippen molar-refractivity contribution < 1.29 is 18.0 Å². The summed E-state index contributed by atoms with van der Waals surface area (Å²) in [6.07, 6.45) is 2.24. The van der Waals surface area contributed by atoms with E-state index in [4.69, 9.17) is 0 Å². The molecule has 1 fully saturated rings. The van der Waals surface area contributed by atoms with Crippen molar-refractivity contribution in [2.45, 2.75) is 19.4 Å². The highest BCUT2D eigenvalue weighted by Crippen LogP contribution is 2.19. The van der Waals surface area contributed by atoms with Gasteiger partial charge in [0.05, 0.1) is 6.26 Å². The lowest BCUT2D eigenvalue weighted by molar-refractivity contribution is -0.126. The molecule has 0 radical (unpaired) electrons. The Morgan fingerprint density at radius 3 is 2.50 bits per heavy atom. The van der Waals surface area contributed by atoms with Crippen LogP contribution in [0.25, 0.3) is 0 Å². The van der Waals surface area contributed by atoms with Gasteiger partial charge in [-0.2, -0.15) is 0 Å². The number of hydrogen-bond donors (Lipinski definition) is 2. The average Bonchev–Trinajstić information content (AvgIpc) is 2.58. The van der Waals surface area contributed by atoms with E-state index in [1.807, 2.05) is 6.07 Å². The molecule has 1 aromatic carbocycles. The van der Waals surface area contributed by atoms with Crippen molar-refractivity contribution in [1.82, 2.24) is 14.9 Å². The molecule has 1 aliphatic heterocycles. The zero-order chi connectivity index (χ0) is 17.7. The summed E-state index contributed by atoms with van der Waals surface area (Å²) in [5.41, 5.74) is 1.39. The van der Waals surface area contributed by atoms with E-state index in [9.17, 15) is 18.0 Å². The average molecular weight is 353 g/mol. The summed E-state index contributed by atoms with van der Waals surface area (Å²) in [6.45, 7) is 1.10. The second kappa shape index (κ2) is 7.76. The van der Waals surface area contributed by atoms with Gasteiger partial charge in [0, 0.05) is 38.2 Å². The molecule has 2 rings (SSSR count). The van der Waals surface area contributed by atoms with Crippen LogP contribution in [-0.2, 0) is 21.4 Å². The molecule has 2 amide bonds. The van der Waals surface area contributed by atoms with Gasteiger partial charge >= 0.3 is 0 Å². The molecule has 1 aromatic rings. The molecule has 1 aliphatic rings. The zero-order valence-corrected chi connectivity index (χ0v) is 14.7. The number of benzene rings is 1. The smallest absolute Gasteiger partial charge is 0.251 e. The molecule has 8 heteroatoms. The van der Waals surface area contributed by atoms with E-state index in [1.165, 1.54) is 10.6 Å². The Hall–Kier alpha value is -1.93. The van der Waals surface area contributed by atoms with Crippen LogP contribution in [0.5, 0.6) is 0 Å². The molecule has 0 bridgehead atoms. The van der Waals surface area contributed by atoms with Crippen molar-refractivity contribution in [3.8, 4) is 0 Å². The van der Waals surface area contributed by atoms with Crippen LogP contribution < -0.4 is 10.6 Å². The molecule has 0 atom stereocenters. The highest BCUT2D eigenvalue weighted by atomic mass is 32.2. The zero-order valence-electron chi connectivity index (χ0n) is 13.9. The Kier molecular flexibility index (Phi) is 5.95. The first-order valence-corrected chi connectivity index (χ1v) is 9.70. The van der Waals surface area contributed by atoms with Gasteiger partial charge in [0.15, 0.2) is 0 Å². The fraction of sp³-hybridized carbons (Fsp3) is 0.500. The van der Waals surface area contributed by atoms with Gasteiger partial charge in [-0.05, 0) is 30.5 Å². The molecule has 2 N–H and O–H groups in total. The number of nitrogens with one attached hydrogen (secondary N) is 2. The maximum absolute atomic E-state index is 12.2. The van der Waals surface area contributed by atoms with Crippen molar-refractivity contribution >= 4 is 21.8 Å². The third-order valence-corrected chi connectivity index (χ3v) is 5.48. The summed E-state index contributed by atoms with van der Waals surface area (Å²) in [5, 5.41) is 5.43. The van der Waals surface area contributed by atoms with Crippen LogP contribution in [0, 0.1) is 5.92 Å². The number of piperidine rings is 1. The van der Waals surface area contributed by atoms with Crippen molar-refractivity contribution in [3.63, 3.8) is 0 Å². The maximum atomic E-state index is 12.2. The Balaban J connectivity index is 1.87. The third kappa shape index (κ3) is 4.78. The number of amides is 2. The molecule has 1 heterocycles. The summed E-state index contributed by atoms with van der Waals surface area (Å²) >= 11 is 0. The van der Waals surface area contributed by atoms with Crippen LogP contribution in [0.1, 0.15) is 28.8 Å². The van der Waals surface area contributed by atoms with E-state index in [-0.39, 0.29) is 17.7 Å². The fourth-order valence-electron chi connectivity index (χ4n) is 2.75. The minimum Gasteiger partial charge on any atom is -0.355 e. The second-order valence-corrected chi connectivity index (χ2v) is 7.92. The largest absolute Gasteiger partial charge is 0.355 e. The molecular formula is C16H23N3O4S. The van der Waals surface area contributed by atoms with Gasteiger partial charge in [-0.1, -0.05) is 12.1 Å². The molecule has 0 saturated carbocycles. The molecule has 0 aromatic heterocycles. The molecule has 24 heavy (non-hydrogen) atoms. The van der Waals surface area contributed by atoms with Gasteiger partial charge in [-0.15, -0.1) is 0 Å². The minimum atomic E-state index is -3.18. The van der Waals surface area contributed by atoms with E-state index < -0.39 is 10.0 Å². The van der Waals surface area contributed by atoms with Crippen molar-refractivity contribution in [2.24, 2.45) is 5.92 Å². The lowest BCUT2D eigenvalue weighted by Crippen LogP contribution is -2.42. The first kappa shape index (κ1) is 18.4. The molecule has 132 valence electrons. The lowest BCUT2D eigenvalue weighted by Gasteiger charge is -2.29. The highest BCUT2D eigenvalue weighted by molar-refractivity contribution is 7.88. The standard InChI is InChI=1S/C16H23N3O4S/c1-17-15(20)14-5-3-4-12(10-14)11-18-16(21)13-6-8-19(9-7-13)24(2,22)23/h3-5,10,13H,6-9,11H2,1-2H3,(H,17,20)(H,18,21). The van der Waals surface area contributed by atoms with Crippen molar-refractivity contribution in [1.29, 1.82) is 0 Å². The predicted octanol–water partition coefficient (Wildman–Crippen LogP) is 0.334. The first-order valence-electron chi connectivity index (χ1n) is 7.85. The summed E-state index contributed by atoms with van der Waals surface area (Å²) < 4.78 is 24.4. The van der Waals surface area contributed by atoms with E-state index in [2.05, 4.69) is 10.6 Å². The predicted molar refractivity (Wildman–Crippen MR) is 90.8 cm³/mol. The van der Waals surface area contributed by atoms with Crippen LogP contribution in [0.15, 0.2) is 24.3 Å². The Morgan fingerprint density at radius 1 is 1.25 bits per heavy atom. The van der Waals surface area contributed by atoms with Crippen LogP contribution in [0.4, 0.5) is 0 Å². The number of sulfonamides is 1. The summed E-state index contributed by atoms with van der Waals surface area (Å²) in [7, 11) is -1.61. The quantitative estimate of drug-likeness (QED) is 0.798. The van der Waals surface area contributed by atoms with E-state index in [1.54, 1.807) is 25.2 Å².